The Morgan fingerprint density at radius 3 is 2.55 bits per heavy atom. The summed E-state index contributed by atoms with van der Waals surface area (Å²) in [5, 5.41) is 12.3. The molecule has 0 bridgehead atoms. The Labute approximate surface area is 173 Å². The smallest absolute Gasteiger partial charge is 0.302 e. The van der Waals surface area contributed by atoms with Crippen molar-refractivity contribution >= 4 is 29.1 Å². The Morgan fingerprint density at radius 1 is 1.24 bits per heavy atom. The van der Waals surface area contributed by atoms with Crippen LogP contribution in [0.3, 0.4) is 0 Å². The predicted molar refractivity (Wildman–Crippen MR) is 109 cm³/mol. The molecule has 0 aliphatic rings. The minimum absolute atomic E-state index is 0.106. The quantitative estimate of drug-likeness (QED) is 0.619. The maximum Gasteiger partial charge on any atom is 0.302 e. The van der Waals surface area contributed by atoms with Gasteiger partial charge in [0, 0.05) is 36.9 Å². The van der Waals surface area contributed by atoms with Gasteiger partial charge in [-0.05, 0) is 11.6 Å². The molecule has 29 heavy (non-hydrogen) atoms. The maximum atomic E-state index is 11.3. The Morgan fingerprint density at radius 2 is 1.97 bits per heavy atom. The van der Waals surface area contributed by atoms with Crippen LogP contribution in [0.2, 0.25) is 5.02 Å². The van der Waals surface area contributed by atoms with Crippen molar-refractivity contribution in [3.05, 3.63) is 40.0 Å². The molecule has 0 saturated carbocycles. The summed E-state index contributed by atoms with van der Waals surface area (Å²) in [7, 11) is 0. The normalized spacial score (nSPS) is 11.7. The number of carbonyl (C=O) groups excluding carboxylic acids is 2. The number of aromatic nitrogens is 4. The summed E-state index contributed by atoms with van der Waals surface area (Å²) in [6.45, 7) is 9.41. The SMILES string of the molecule is CC(=O)NCc1ccc(COC(C)=O)c(-c2nn3nc(C(C)(C)C)c(Cl)c3[nH]2)c1. The van der Waals surface area contributed by atoms with Gasteiger partial charge in [-0.2, -0.15) is 5.10 Å². The lowest BCUT2D eigenvalue weighted by atomic mass is 9.92. The number of H-pyrrole nitrogens is 1. The molecule has 2 heterocycles. The number of rotatable bonds is 5. The molecule has 0 aliphatic heterocycles. The molecule has 8 nitrogen and oxygen atoms in total. The molecular weight excluding hydrogens is 394 g/mol. The Balaban J connectivity index is 2.05. The van der Waals surface area contributed by atoms with Gasteiger partial charge in [-0.25, -0.2) is 0 Å². The topological polar surface area (TPSA) is 101 Å². The van der Waals surface area contributed by atoms with E-state index in [2.05, 4.69) is 20.5 Å². The zero-order valence-electron chi connectivity index (χ0n) is 17.1. The summed E-state index contributed by atoms with van der Waals surface area (Å²) < 4.78 is 6.65. The van der Waals surface area contributed by atoms with Gasteiger partial charge in [0.2, 0.25) is 5.91 Å². The molecule has 9 heteroatoms. The van der Waals surface area contributed by atoms with Gasteiger partial charge in [-0.15, -0.1) is 9.73 Å². The first-order valence-electron chi connectivity index (χ1n) is 9.21. The summed E-state index contributed by atoms with van der Waals surface area (Å²) in [4.78, 5) is 25.7. The molecule has 0 fully saturated rings. The van der Waals surface area contributed by atoms with Gasteiger partial charge in [0.1, 0.15) is 11.6 Å². The fourth-order valence-corrected chi connectivity index (χ4v) is 3.33. The van der Waals surface area contributed by atoms with Crippen molar-refractivity contribution in [1.29, 1.82) is 0 Å². The molecular formula is C20H24ClN5O3. The number of fused-ring (bicyclic) bond motifs is 1. The molecule has 0 saturated heterocycles. The second kappa shape index (κ2) is 7.87. The van der Waals surface area contributed by atoms with Crippen LogP contribution in [0.1, 0.15) is 51.4 Å². The van der Waals surface area contributed by atoms with Crippen LogP contribution in [-0.2, 0) is 32.9 Å². The van der Waals surface area contributed by atoms with Crippen molar-refractivity contribution in [2.24, 2.45) is 0 Å². The zero-order valence-corrected chi connectivity index (χ0v) is 17.8. The molecule has 3 aromatic rings. The lowest BCUT2D eigenvalue weighted by Gasteiger charge is -2.14. The molecule has 2 aromatic heterocycles. The lowest BCUT2D eigenvalue weighted by molar-refractivity contribution is -0.142. The second-order valence-electron chi connectivity index (χ2n) is 7.91. The average Bonchev–Trinajstić information content (AvgIpc) is 3.17. The summed E-state index contributed by atoms with van der Waals surface area (Å²) in [6, 6.07) is 5.62. The van der Waals surface area contributed by atoms with Gasteiger partial charge in [-0.1, -0.05) is 44.5 Å². The van der Waals surface area contributed by atoms with E-state index in [0.717, 1.165) is 22.4 Å². The predicted octanol–water partition coefficient (Wildman–Crippen LogP) is 3.37. The number of esters is 1. The van der Waals surface area contributed by atoms with E-state index in [1.54, 1.807) is 0 Å². The van der Waals surface area contributed by atoms with Crippen molar-refractivity contribution in [3.8, 4) is 11.4 Å². The van der Waals surface area contributed by atoms with E-state index >= 15 is 0 Å². The number of hydrogen-bond acceptors (Lipinski definition) is 5. The van der Waals surface area contributed by atoms with E-state index in [-0.39, 0.29) is 23.9 Å². The number of hydrogen-bond donors (Lipinski definition) is 2. The van der Waals surface area contributed by atoms with Crippen LogP contribution in [0.25, 0.3) is 17.0 Å². The highest BCUT2D eigenvalue weighted by Crippen LogP contribution is 2.32. The van der Waals surface area contributed by atoms with Crippen molar-refractivity contribution < 1.29 is 14.3 Å². The lowest BCUT2D eigenvalue weighted by Crippen LogP contribution is -2.19. The number of halogens is 1. The molecule has 154 valence electrons. The number of ether oxygens (including phenoxy) is 1. The summed E-state index contributed by atoms with van der Waals surface area (Å²) in [5.74, 6) is 0.0561. The number of carbonyl (C=O) groups is 2. The van der Waals surface area contributed by atoms with Gasteiger partial charge in [0.05, 0.1) is 5.69 Å². The van der Waals surface area contributed by atoms with E-state index < -0.39 is 0 Å². The van der Waals surface area contributed by atoms with E-state index in [4.69, 9.17) is 16.3 Å². The highest BCUT2D eigenvalue weighted by atomic mass is 35.5. The van der Waals surface area contributed by atoms with Crippen LogP contribution in [0.15, 0.2) is 18.2 Å². The Kier molecular flexibility index (Phi) is 5.66. The molecule has 3 rings (SSSR count). The maximum absolute atomic E-state index is 11.3. The number of benzene rings is 1. The van der Waals surface area contributed by atoms with E-state index in [1.165, 1.54) is 18.5 Å². The second-order valence-corrected chi connectivity index (χ2v) is 8.28. The first-order chi connectivity index (χ1) is 13.6. The Bertz CT molecular complexity index is 1080. The number of amides is 1. The van der Waals surface area contributed by atoms with E-state index in [9.17, 15) is 9.59 Å². The molecule has 2 N–H and O–H groups in total. The van der Waals surface area contributed by atoms with Crippen LogP contribution in [0.4, 0.5) is 0 Å². The fraction of sp³-hybridized carbons (Fsp3) is 0.400. The molecule has 1 aromatic carbocycles. The summed E-state index contributed by atoms with van der Waals surface area (Å²) in [6.07, 6.45) is 0. The van der Waals surface area contributed by atoms with Gasteiger partial charge >= 0.3 is 5.97 Å². The number of aromatic amines is 1. The van der Waals surface area contributed by atoms with Crippen molar-refractivity contribution in [2.45, 2.75) is 53.2 Å². The van der Waals surface area contributed by atoms with Crippen LogP contribution in [0, 0.1) is 0 Å². The van der Waals surface area contributed by atoms with Crippen LogP contribution in [0.5, 0.6) is 0 Å². The molecule has 0 atom stereocenters. The molecule has 0 spiro atoms. The highest BCUT2D eigenvalue weighted by Gasteiger charge is 2.25. The zero-order chi connectivity index (χ0) is 21.3. The number of nitrogens with one attached hydrogen (secondary N) is 2. The average molecular weight is 418 g/mol. The molecule has 0 aliphatic carbocycles. The summed E-state index contributed by atoms with van der Waals surface area (Å²) >= 11 is 6.53. The Hall–Kier alpha value is -2.87. The van der Waals surface area contributed by atoms with Gasteiger partial charge < -0.3 is 15.0 Å². The molecule has 1 amide bonds. The van der Waals surface area contributed by atoms with Crippen molar-refractivity contribution in [2.75, 3.05) is 0 Å². The highest BCUT2D eigenvalue weighted by molar-refractivity contribution is 6.34. The third kappa shape index (κ3) is 4.59. The van der Waals surface area contributed by atoms with E-state index in [0.29, 0.717) is 23.0 Å². The standard InChI is InChI=1S/C20H24ClN5O3/c1-11(27)22-9-13-6-7-14(10-29-12(2)28)15(8-13)18-23-19-16(21)17(20(3,4)5)24-26(19)25-18/h6-8H,9-10H2,1-5H3,(H,22,27)(H,23,25). The largest absolute Gasteiger partial charge is 0.461 e. The molecule has 0 unspecified atom stereocenters. The monoisotopic (exact) mass is 417 g/mol. The van der Waals surface area contributed by atoms with Crippen molar-refractivity contribution in [3.63, 3.8) is 0 Å². The minimum atomic E-state index is -0.370. The van der Waals surface area contributed by atoms with Gasteiger partial charge in [-0.3, -0.25) is 9.59 Å². The first-order valence-corrected chi connectivity index (χ1v) is 9.59. The third-order valence-electron chi connectivity index (χ3n) is 4.35. The van der Waals surface area contributed by atoms with Gasteiger partial charge in [0.25, 0.3) is 0 Å². The van der Waals surface area contributed by atoms with Crippen LogP contribution >= 0.6 is 11.6 Å². The minimum Gasteiger partial charge on any atom is -0.461 e. The fourth-order valence-electron chi connectivity index (χ4n) is 2.88. The molecule has 0 radical (unpaired) electrons. The van der Waals surface area contributed by atoms with Crippen molar-refractivity contribution in [1.82, 2.24) is 25.1 Å². The summed E-state index contributed by atoms with van der Waals surface area (Å²) in [5.41, 5.74) is 3.53. The van der Waals surface area contributed by atoms with Crippen LogP contribution < -0.4 is 5.32 Å². The van der Waals surface area contributed by atoms with Crippen LogP contribution in [-0.4, -0.2) is 31.7 Å². The first kappa shape index (κ1) is 20.9. The third-order valence-corrected chi connectivity index (χ3v) is 4.71. The van der Waals surface area contributed by atoms with E-state index in [1.807, 2.05) is 39.0 Å². The van der Waals surface area contributed by atoms with Gasteiger partial charge in [0.15, 0.2) is 11.5 Å². The number of nitrogens with zero attached hydrogens (tertiary/aromatic N) is 3.